The topological polar surface area (TPSA) is 89.9 Å². The lowest BCUT2D eigenvalue weighted by molar-refractivity contribution is -0.128. The second-order valence-electron chi connectivity index (χ2n) is 10.4. The standard InChI is InChI=1S/C26H36N6O2/c1-6-10-20(31(4)5)17(3)32-25-19(16(2)29-32)15-27-24(28-25)22-18-11-9-14-26(23(18)34-30-22)13-8-7-12-21(26)33/h15,17,20H,6-14H2,1-5H3/t17-,20-,26+/m0/s1. The summed E-state index contributed by atoms with van der Waals surface area (Å²) in [7, 11) is 4.25. The van der Waals surface area contributed by atoms with E-state index >= 15 is 0 Å². The molecule has 0 radical (unpaired) electrons. The minimum Gasteiger partial charge on any atom is -0.359 e. The molecule has 0 amide bonds. The third-order valence-corrected chi connectivity index (χ3v) is 8.08. The van der Waals surface area contributed by atoms with Crippen LogP contribution in [0.5, 0.6) is 0 Å². The highest BCUT2D eigenvalue weighted by atomic mass is 16.5. The van der Waals surface area contributed by atoms with Crippen LogP contribution in [-0.2, 0) is 16.6 Å². The Balaban J connectivity index is 1.58. The van der Waals surface area contributed by atoms with Crippen LogP contribution in [-0.4, -0.2) is 55.7 Å². The number of hydrogen-bond acceptors (Lipinski definition) is 7. The van der Waals surface area contributed by atoms with Crippen molar-refractivity contribution in [2.45, 2.75) is 96.1 Å². The predicted octanol–water partition coefficient (Wildman–Crippen LogP) is 4.80. The Kier molecular flexibility index (Phi) is 6.04. The Morgan fingerprint density at radius 3 is 2.74 bits per heavy atom. The van der Waals surface area contributed by atoms with E-state index in [1.54, 1.807) is 0 Å². The molecule has 3 aromatic rings. The van der Waals surface area contributed by atoms with Crippen molar-refractivity contribution in [3.8, 4) is 11.5 Å². The zero-order valence-corrected chi connectivity index (χ0v) is 21.1. The molecule has 0 aliphatic heterocycles. The fraction of sp³-hybridized carbons (Fsp3) is 0.654. The molecule has 3 heterocycles. The first-order valence-electron chi connectivity index (χ1n) is 12.8. The maximum absolute atomic E-state index is 13.0. The molecule has 2 aliphatic rings. The molecule has 8 heteroatoms. The van der Waals surface area contributed by atoms with Crippen molar-refractivity contribution in [2.24, 2.45) is 0 Å². The number of fused-ring (bicyclic) bond motifs is 3. The molecule has 1 spiro atoms. The fourth-order valence-electron chi connectivity index (χ4n) is 6.22. The first kappa shape index (κ1) is 23.1. The molecule has 3 aromatic heterocycles. The predicted molar refractivity (Wildman–Crippen MR) is 131 cm³/mol. The summed E-state index contributed by atoms with van der Waals surface area (Å²) in [6.07, 6.45) is 10.3. The lowest BCUT2D eigenvalue weighted by Gasteiger charge is -2.36. The third-order valence-electron chi connectivity index (χ3n) is 8.08. The van der Waals surface area contributed by atoms with Gasteiger partial charge in [0.05, 0.1) is 22.5 Å². The van der Waals surface area contributed by atoms with Gasteiger partial charge in [-0.25, -0.2) is 14.6 Å². The number of rotatable bonds is 6. The number of Topliss-reactive ketones (excluding diaryl/α,β-unsaturated/α-hetero) is 1. The zero-order chi connectivity index (χ0) is 24.0. The summed E-state index contributed by atoms with van der Waals surface area (Å²) in [6, 6.07) is 0.506. The molecule has 0 N–H and O–H groups in total. The Hall–Kier alpha value is -2.61. The van der Waals surface area contributed by atoms with Crippen LogP contribution in [0.1, 0.15) is 88.3 Å². The molecule has 1 saturated carbocycles. The van der Waals surface area contributed by atoms with E-state index in [-0.39, 0.29) is 6.04 Å². The van der Waals surface area contributed by atoms with E-state index in [0.29, 0.717) is 29.8 Å². The van der Waals surface area contributed by atoms with Crippen LogP contribution in [0.2, 0.25) is 0 Å². The summed E-state index contributed by atoms with van der Waals surface area (Å²) >= 11 is 0. The van der Waals surface area contributed by atoms with Crippen LogP contribution in [0.25, 0.3) is 22.6 Å². The molecule has 1 fully saturated rings. The van der Waals surface area contributed by atoms with Crippen molar-refractivity contribution in [2.75, 3.05) is 14.1 Å². The van der Waals surface area contributed by atoms with Crippen LogP contribution in [0.3, 0.4) is 0 Å². The van der Waals surface area contributed by atoms with Crippen molar-refractivity contribution in [3.63, 3.8) is 0 Å². The van der Waals surface area contributed by atoms with Gasteiger partial charge < -0.3 is 9.42 Å². The van der Waals surface area contributed by atoms with E-state index in [1.807, 2.05) is 13.1 Å². The van der Waals surface area contributed by atoms with E-state index in [1.165, 1.54) is 0 Å². The summed E-state index contributed by atoms with van der Waals surface area (Å²) in [5.74, 6) is 1.64. The number of ketones is 1. The van der Waals surface area contributed by atoms with Gasteiger partial charge in [0.15, 0.2) is 22.9 Å². The van der Waals surface area contributed by atoms with Crippen LogP contribution in [0.15, 0.2) is 10.7 Å². The summed E-state index contributed by atoms with van der Waals surface area (Å²) in [6.45, 7) is 6.44. The van der Waals surface area contributed by atoms with Gasteiger partial charge in [0.2, 0.25) is 0 Å². The first-order chi connectivity index (χ1) is 16.4. The Bertz CT molecular complexity index is 1210. The molecule has 3 atom stereocenters. The minimum absolute atomic E-state index is 0.156. The van der Waals surface area contributed by atoms with Gasteiger partial charge in [-0.2, -0.15) is 5.10 Å². The van der Waals surface area contributed by atoms with Gasteiger partial charge in [-0.1, -0.05) is 24.9 Å². The first-order valence-corrected chi connectivity index (χ1v) is 12.8. The molecule has 0 aromatic carbocycles. The maximum atomic E-state index is 13.0. The summed E-state index contributed by atoms with van der Waals surface area (Å²) in [5.41, 5.74) is 2.97. The Morgan fingerprint density at radius 2 is 2.00 bits per heavy atom. The van der Waals surface area contributed by atoms with Crippen molar-refractivity contribution in [1.29, 1.82) is 0 Å². The van der Waals surface area contributed by atoms with Gasteiger partial charge in [0.25, 0.3) is 0 Å². The third kappa shape index (κ3) is 3.58. The molecule has 0 unspecified atom stereocenters. The second-order valence-corrected chi connectivity index (χ2v) is 10.4. The number of hydrogen-bond donors (Lipinski definition) is 0. The van der Waals surface area contributed by atoms with Crippen molar-refractivity contribution in [3.05, 3.63) is 23.2 Å². The van der Waals surface area contributed by atoms with E-state index in [9.17, 15) is 4.79 Å². The molecule has 5 rings (SSSR count). The highest BCUT2D eigenvalue weighted by Crippen LogP contribution is 2.47. The second kappa shape index (κ2) is 8.87. The van der Waals surface area contributed by atoms with Crippen LogP contribution in [0, 0.1) is 6.92 Å². The van der Waals surface area contributed by atoms with E-state index in [4.69, 9.17) is 14.6 Å². The van der Waals surface area contributed by atoms with Gasteiger partial charge in [-0.15, -0.1) is 0 Å². The van der Waals surface area contributed by atoms with Crippen molar-refractivity contribution >= 4 is 16.8 Å². The number of aryl methyl sites for hydroxylation is 1. The van der Waals surface area contributed by atoms with Crippen LogP contribution < -0.4 is 0 Å². The molecule has 34 heavy (non-hydrogen) atoms. The van der Waals surface area contributed by atoms with Crippen LogP contribution in [0.4, 0.5) is 0 Å². The number of likely N-dealkylation sites (N-methyl/N-ethyl adjacent to an activating group) is 1. The highest BCUT2D eigenvalue weighted by Gasteiger charge is 2.48. The van der Waals surface area contributed by atoms with Crippen LogP contribution >= 0.6 is 0 Å². The molecular formula is C26H36N6O2. The number of aromatic nitrogens is 5. The summed E-state index contributed by atoms with van der Waals surface area (Å²) in [4.78, 5) is 24.9. The number of carbonyl (C=O) groups excluding carboxylic acids is 1. The van der Waals surface area contributed by atoms with E-state index in [0.717, 1.165) is 79.4 Å². The number of carbonyl (C=O) groups is 1. The summed E-state index contributed by atoms with van der Waals surface area (Å²) < 4.78 is 7.97. The Morgan fingerprint density at radius 1 is 1.21 bits per heavy atom. The van der Waals surface area contributed by atoms with E-state index < -0.39 is 5.41 Å². The van der Waals surface area contributed by atoms with Crippen molar-refractivity contribution < 1.29 is 9.32 Å². The Labute approximate surface area is 201 Å². The van der Waals surface area contributed by atoms with Gasteiger partial charge in [-0.05, 0) is 66.5 Å². The smallest absolute Gasteiger partial charge is 0.184 e. The molecule has 182 valence electrons. The normalized spacial score (nSPS) is 22.5. The average molecular weight is 465 g/mol. The monoisotopic (exact) mass is 464 g/mol. The lowest BCUT2D eigenvalue weighted by Crippen LogP contribution is -2.41. The molecule has 8 nitrogen and oxygen atoms in total. The van der Waals surface area contributed by atoms with Gasteiger partial charge in [0.1, 0.15) is 5.78 Å². The number of nitrogens with zero attached hydrogens (tertiary/aromatic N) is 6. The molecule has 0 saturated heterocycles. The highest BCUT2D eigenvalue weighted by molar-refractivity contribution is 5.91. The quantitative estimate of drug-likeness (QED) is 0.518. The minimum atomic E-state index is -0.493. The average Bonchev–Trinajstić information content (AvgIpc) is 3.41. The largest absolute Gasteiger partial charge is 0.359 e. The lowest BCUT2D eigenvalue weighted by atomic mass is 9.64. The van der Waals surface area contributed by atoms with E-state index in [2.05, 4.69) is 47.7 Å². The SMILES string of the molecule is CCC[C@@H]([C@H](C)n1nc(C)c2cnc(-c3noc4c3CCC[C@@]43CCCCC3=O)nc21)N(C)C. The zero-order valence-electron chi connectivity index (χ0n) is 21.1. The van der Waals surface area contributed by atoms with Gasteiger partial charge >= 0.3 is 0 Å². The van der Waals surface area contributed by atoms with Gasteiger partial charge in [0, 0.05) is 24.2 Å². The molecule has 0 bridgehead atoms. The van der Waals surface area contributed by atoms with Gasteiger partial charge in [-0.3, -0.25) is 4.79 Å². The molecular weight excluding hydrogens is 428 g/mol. The van der Waals surface area contributed by atoms with Crippen molar-refractivity contribution in [1.82, 2.24) is 29.8 Å². The maximum Gasteiger partial charge on any atom is 0.184 e. The molecule has 2 aliphatic carbocycles. The summed E-state index contributed by atoms with van der Waals surface area (Å²) in [5, 5.41) is 10.3. The fourth-order valence-corrected chi connectivity index (χ4v) is 6.22.